The minimum absolute atomic E-state index is 0.0220. The molecule has 0 saturated carbocycles. The lowest BCUT2D eigenvalue weighted by Gasteiger charge is -2.47. The lowest BCUT2D eigenvalue weighted by Crippen LogP contribution is -2.59. The molecule has 2 aliphatic heterocycles. The molecule has 1 aromatic heterocycles. The number of aliphatic imine (C=N–C) groups is 1. The van der Waals surface area contributed by atoms with Crippen molar-refractivity contribution in [1.82, 2.24) is 20.1 Å². The van der Waals surface area contributed by atoms with Crippen molar-refractivity contribution in [3.05, 3.63) is 129 Å². The van der Waals surface area contributed by atoms with E-state index in [-0.39, 0.29) is 29.3 Å². The molecule has 4 aromatic rings. The predicted octanol–water partition coefficient (Wildman–Crippen LogP) is 10.1. The predicted molar refractivity (Wildman–Crippen MR) is 217 cm³/mol. The van der Waals surface area contributed by atoms with Crippen LogP contribution in [0.15, 0.2) is 96.1 Å². The van der Waals surface area contributed by atoms with Crippen LogP contribution < -0.4 is 10.1 Å². The van der Waals surface area contributed by atoms with Gasteiger partial charge in [0.15, 0.2) is 0 Å². The largest absolute Gasteiger partial charge is 0.493 e. The number of likely N-dealkylation sites (tertiary alicyclic amines) is 1. The van der Waals surface area contributed by atoms with E-state index in [1.54, 1.807) is 6.20 Å². The van der Waals surface area contributed by atoms with Crippen LogP contribution in [0.3, 0.4) is 0 Å². The number of amides is 3. The van der Waals surface area contributed by atoms with E-state index in [9.17, 15) is 4.79 Å². The monoisotopic (exact) mass is 767 g/mol. The van der Waals surface area contributed by atoms with Gasteiger partial charge in [-0.15, -0.1) is 0 Å². The van der Waals surface area contributed by atoms with Gasteiger partial charge in [0, 0.05) is 52.9 Å². The van der Waals surface area contributed by atoms with Gasteiger partial charge >= 0.3 is 6.03 Å². The van der Waals surface area contributed by atoms with Crippen LogP contribution in [0.25, 0.3) is 0 Å². The number of pyridine rings is 1. The fraction of sp³-hybridized carbons (Fsp3) is 0.409. The molecule has 3 heterocycles. The molecular formula is C44H51Cl2N5O3. The number of amidine groups is 1. The Hall–Kier alpha value is -4.40. The van der Waals surface area contributed by atoms with Gasteiger partial charge in [-0.2, -0.15) is 0 Å². The number of aromatic nitrogens is 1. The van der Waals surface area contributed by atoms with Gasteiger partial charge < -0.3 is 15.0 Å². The van der Waals surface area contributed by atoms with E-state index in [0.29, 0.717) is 66.2 Å². The second-order valence-corrected chi connectivity index (χ2v) is 16.7. The molecule has 3 atom stereocenters. The van der Waals surface area contributed by atoms with E-state index in [1.165, 1.54) is 0 Å². The maximum absolute atomic E-state index is 15.3. The maximum Gasteiger partial charge on any atom is 0.326 e. The lowest BCUT2D eigenvalue weighted by molar-refractivity contribution is -0.122. The standard InChI is InChI=1S/C44H51Cl2N5O3/c1-8-54-37-27-38(42(3,4)5)47-28-36(37)40-49-43(6,32-14-18-34(45)19-15-32)44(7,33-16-20-35(46)21-17-33)51(40)41(53)50-24-22-30(23-25-50)26-39(52)48-29(2)31-12-10-9-11-13-31/h9-21,27-30H,8,22-26H2,1-7H3,(H,48,52)/t29-,43-,44+/m0/s1. The lowest BCUT2D eigenvalue weighted by atomic mass is 9.71. The summed E-state index contributed by atoms with van der Waals surface area (Å²) >= 11 is 12.9. The summed E-state index contributed by atoms with van der Waals surface area (Å²) < 4.78 is 6.30. The number of hydrogen-bond acceptors (Lipinski definition) is 5. The highest BCUT2D eigenvalue weighted by molar-refractivity contribution is 6.30. The van der Waals surface area contributed by atoms with Crippen molar-refractivity contribution in [3.63, 3.8) is 0 Å². The number of hydrogen-bond donors (Lipinski definition) is 1. The quantitative estimate of drug-likeness (QED) is 0.184. The fourth-order valence-corrected chi connectivity index (χ4v) is 7.97. The molecule has 1 fully saturated rings. The average Bonchev–Trinajstić information content (AvgIpc) is 3.39. The zero-order valence-corrected chi connectivity index (χ0v) is 33.8. The molecule has 0 spiro atoms. The van der Waals surface area contributed by atoms with E-state index < -0.39 is 11.1 Å². The number of ether oxygens (including phenoxy) is 1. The summed E-state index contributed by atoms with van der Waals surface area (Å²) in [5.74, 6) is 1.27. The molecular weight excluding hydrogens is 717 g/mol. The zero-order valence-electron chi connectivity index (χ0n) is 32.3. The van der Waals surface area contributed by atoms with Gasteiger partial charge in [-0.3, -0.25) is 19.7 Å². The van der Waals surface area contributed by atoms with E-state index in [2.05, 4.69) is 39.9 Å². The molecule has 8 nitrogen and oxygen atoms in total. The van der Waals surface area contributed by atoms with Crippen molar-refractivity contribution in [2.75, 3.05) is 19.7 Å². The Morgan fingerprint density at radius 3 is 2.09 bits per heavy atom. The summed E-state index contributed by atoms with van der Waals surface area (Å²) in [5.41, 5.74) is 2.10. The van der Waals surface area contributed by atoms with Crippen LogP contribution in [-0.4, -0.2) is 52.3 Å². The Morgan fingerprint density at radius 2 is 1.52 bits per heavy atom. The molecule has 2 aliphatic rings. The number of nitrogens with zero attached hydrogens (tertiary/aromatic N) is 4. The number of halogens is 2. The normalized spacial score (nSPS) is 21.1. The third kappa shape index (κ3) is 7.74. The molecule has 0 aliphatic carbocycles. The average molecular weight is 769 g/mol. The van der Waals surface area contributed by atoms with Crippen molar-refractivity contribution >= 4 is 41.0 Å². The van der Waals surface area contributed by atoms with Crippen molar-refractivity contribution in [2.24, 2.45) is 10.9 Å². The van der Waals surface area contributed by atoms with Gasteiger partial charge in [-0.05, 0) is 87.4 Å². The number of carbonyl (C=O) groups is 2. The Morgan fingerprint density at radius 1 is 0.926 bits per heavy atom. The van der Waals surface area contributed by atoms with Crippen LogP contribution in [0.1, 0.15) is 102 Å². The molecule has 54 heavy (non-hydrogen) atoms. The van der Waals surface area contributed by atoms with Gasteiger partial charge in [0.05, 0.1) is 18.2 Å². The third-order valence-corrected chi connectivity index (χ3v) is 11.7. The van der Waals surface area contributed by atoms with E-state index >= 15 is 4.79 Å². The zero-order chi connectivity index (χ0) is 38.8. The molecule has 0 radical (unpaired) electrons. The topological polar surface area (TPSA) is 87.1 Å². The summed E-state index contributed by atoms with van der Waals surface area (Å²) in [5, 5.41) is 4.36. The van der Waals surface area contributed by atoms with Crippen molar-refractivity contribution in [3.8, 4) is 5.75 Å². The number of urea groups is 1. The van der Waals surface area contributed by atoms with Crippen molar-refractivity contribution in [1.29, 1.82) is 0 Å². The van der Waals surface area contributed by atoms with Crippen LogP contribution in [0, 0.1) is 5.92 Å². The molecule has 10 heteroatoms. The summed E-state index contributed by atoms with van der Waals surface area (Å²) in [6.45, 7) is 15.9. The molecule has 3 amide bonds. The molecule has 0 unspecified atom stereocenters. The molecule has 6 rings (SSSR count). The first-order chi connectivity index (χ1) is 25.7. The number of piperidine rings is 1. The second-order valence-electron chi connectivity index (χ2n) is 15.8. The fourth-order valence-electron chi connectivity index (χ4n) is 7.71. The molecule has 3 aromatic carbocycles. The highest BCUT2D eigenvalue weighted by Gasteiger charge is 2.60. The number of carbonyl (C=O) groups excluding carboxylic acids is 2. The van der Waals surface area contributed by atoms with Crippen molar-refractivity contribution < 1.29 is 14.3 Å². The second kappa shape index (κ2) is 15.8. The minimum Gasteiger partial charge on any atom is -0.493 e. The first-order valence-electron chi connectivity index (χ1n) is 18.8. The smallest absolute Gasteiger partial charge is 0.326 e. The van der Waals surface area contributed by atoms with Crippen molar-refractivity contribution in [2.45, 2.75) is 90.3 Å². The van der Waals surface area contributed by atoms with E-state index in [0.717, 1.165) is 22.4 Å². The van der Waals surface area contributed by atoms with Crippen LogP contribution in [0.2, 0.25) is 10.0 Å². The number of rotatable bonds is 9. The minimum atomic E-state index is -1.03. The van der Waals surface area contributed by atoms with E-state index in [1.807, 2.05) is 109 Å². The molecule has 0 bridgehead atoms. The van der Waals surface area contributed by atoms with Crippen LogP contribution in [-0.2, 0) is 21.3 Å². The molecule has 1 N–H and O–H groups in total. The number of nitrogens with one attached hydrogen (secondary N) is 1. The number of benzene rings is 3. The molecule has 284 valence electrons. The first-order valence-corrected chi connectivity index (χ1v) is 19.6. The summed E-state index contributed by atoms with van der Waals surface area (Å²) in [4.78, 5) is 42.6. The summed E-state index contributed by atoms with van der Waals surface area (Å²) in [6.07, 6.45) is 3.62. The van der Waals surface area contributed by atoms with Gasteiger partial charge in [-0.1, -0.05) is 98.6 Å². The molecule has 1 saturated heterocycles. The van der Waals surface area contributed by atoms with Gasteiger partial charge in [0.2, 0.25) is 5.91 Å². The van der Waals surface area contributed by atoms with E-state index in [4.69, 9.17) is 37.9 Å². The Labute approximate surface area is 329 Å². The first kappa shape index (κ1) is 39.3. The highest BCUT2D eigenvalue weighted by atomic mass is 35.5. The maximum atomic E-state index is 15.3. The Kier molecular flexibility index (Phi) is 11.5. The summed E-state index contributed by atoms with van der Waals surface area (Å²) in [7, 11) is 0. The highest BCUT2D eigenvalue weighted by Crippen LogP contribution is 2.54. The Bertz CT molecular complexity index is 1990. The SMILES string of the molecule is CCOc1cc(C(C)(C)C)ncc1C1=N[C@@](C)(c2ccc(Cl)cc2)[C@@](C)(c2ccc(Cl)cc2)N1C(=O)N1CCC(CC(=O)N[C@@H](C)c2ccccc2)CC1. The van der Waals surface area contributed by atoms with Crippen LogP contribution in [0.4, 0.5) is 4.79 Å². The summed E-state index contributed by atoms with van der Waals surface area (Å²) in [6, 6.07) is 27.0. The van der Waals surface area contributed by atoms with Gasteiger partial charge in [-0.25, -0.2) is 4.79 Å². The third-order valence-electron chi connectivity index (χ3n) is 11.2. The van der Waals surface area contributed by atoms with Crippen LogP contribution in [0.5, 0.6) is 5.75 Å². The van der Waals surface area contributed by atoms with Gasteiger partial charge in [0.1, 0.15) is 22.7 Å². The van der Waals surface area contributed by atoms with Gasteiger partial charge in [0.25, 0.3) is 0 Å². The van der Waals surface area contributed by atoms with Crippen LogP contribution >= 0.6 is 23.2 Å². The Balaban J connectivity index is 1.38.